The van der Waals surface area contributed by atoms with Crippen molar-refractivity contribution in [3.63, 3.8) is 0 Å². The molecule has 1 rings (SSSR count). The summed E-state index contributed by atoms with van der Waals surface area (Å²) in [7, 11) is 0. The molecular weight excluding hydrogens is 276 g/mol. The van der Waals surface area contributed by atoms with Crippen LogP contribution >= 0.6 is 15.9 Å². The minimum atomic E-state index is 1.08. The second kappa shape index (κ2) is 8.73. The topological polar surface area (TPSA) is 17.8 Å². The zero-order valence-corrected chi connectivity index (χ0v) is 12.8. The highest BCUT2D eigenvalue weighted by Gasteiger charge is 1.99. The number of aryl methyl sites for hydroxylation is 3. The number of hydrogen-bond donors (Lipinski definition) is 0. The number of nitrogens with zero attached hydrogens (tertiary/aromatic N) is 2. The van der Waals surface area contributed by atoms with Gasteiger partial charge in [-0.05, 0) is 32.8 Å². The van der Waals surface area contributed by atoms with Gasteiger partial charge in [-0.2, -0.15) is 5.10 Å². The Kier molecular flexibility index (Phi) is 7.58. The first-order chi connectivity index (χ1) is 8.24. The molecule has 1 heterocycles. The van der Waals surface area contributed by atoms with E-state index in [2.05, 4.69) is 45.6 Å². The van der Waals surface area contributed by atoms with E-state index in [1.807, 2.05) is 0 Å². The van der Waals surface area contributed by atoms with Crippen molar-refractivity contribution in [2.45, 2.75) is 65.3 Å². The molecule has 0 saturated carbocycles. The number of hydrogen-bond acceptors (Lipinski definition) is 1. The smallest absolute Gasteiger partial charge is 0.0596 e. The van der Waals surface area contributed by atoms with Crippen LogP contribution in [0.1, 0.15) is 56.3 Å². The first-order valence-electron chi connectivity index (χ1n) is 6.81. The standard InChI is InChI=1S/C14H25BrN2/c1-13-12-14(2)17(16-13)11-9-7-5-3-4-6-8-10-15/h12H,3-11H2,1-2H3. The Morgan fingerprint density at radius 2 is 1.59 bits per heavy atom. The molecule has 0 aliphatic carbocycles. The summed E-state index contributed by atoms with van der Waals surface area (Å²) in [6.45, 7) is 5.29. The molecule has 1 aromatic heterocycles. The molecule has 0 saturated heterocycles. The maximum absolute atomic E-state index is 4.48. The van der Waals surface area contributed by atoms with Crippen LogP contribution in [0.4, 0.5) is 0 Å². The lowest BCUT2D eigenvalue weighted by atomic mass is 10.1. The second-order valence-electron chi connectivity index (χ2n) is 4.81. The summed E-state index contributed by atoms with van der Waals surface area (Å²) in [6, 6.07) is 2.15. The molecule has 0 fully saturated rings. The van der Waals surface area contributed by atoms with E-state index < -0.39 is 0 Å². The van der Waals surface area contributed by atoms with Crippen LogP contribution in [0.3, 0.4) is 0 Å². The van der Waals surface area contributed by atoms with E-state index >= 15 is 0 Å². The quantitative estimate of drug-likeness (QED) is 0.480. The summed E-state index contributed by atoms with van der Waals surface area (Å²) < 4.78 is 2.14. The predicted molar refractivity (Wildman–Crippen MR) is 77.8 cm³/mol. The molecule has 0 radical (unpaired) electrons. The lowest BCUT2D eigenvalue weighted by Gasteiger charge is -2.04. The molecule has 3 heteroatoms. The fourth-order valence-corrected chi connectivity index (χ4v) is 2.54. The fourth-order valence-electron chi connectivity index (χ4n) is 2.14. The summed E-state index contributed by atoms with van der Waals surface area (Å²) in [5, 5.41) is 5.64. The van der Waals surface area contributed by atoms with Crippen LogP contribution in [0, 0.1) is 13.8 Å². The number of alkyl halides is 1. The average Bonchev–Trinajstić information content (AvgIpc) is 2.61. The molecule has 0 spiro atoms. The highest BCUT2D eigenvalue weighted by atomic mass is 79.9. The van der Waals surface area contributed by atoms with Gasteiger partial charge in [-0.3, -0.25) is 4.68 Å². The lowest BCUT2D eigenvalue weighted by molar-refractivity contribution is 0.515. The van der Waals surface area contributed by atoms with Gasteiger partial charge in [-0.25, -0.2) is 0 Å². The van der Waals surface area contributed by atoms with Crippen LogP contribution in [0.5, 0.6) is 0 Å². The number of rotatable bonds is 9. The highest BCUT2D eigenvalue weighted by molar-refractivity contribution is 9.09. The Bertz CT molecular complexity index is 307. The number of aromatic nitrogens is 2. The molecule has 0 aliphatic heterocycles. The minimum absolute atomic E-state index is 1.08. The van der Waals surface area contributed by atoms with Crippen LogP contribution in [0.2, 0.25) is 0 Å². The second-order valence-corrected chi connectivity index (χ2v) is 5.61. The maximum atomic E-state index is 4.48. The van der Waals surface area contributed by atoms with Crippen molar-refractivity contribution < 1.29 is 0 Å². The summed E-state index contributed by atoms with van der Waals surface area (Å²) in [5.41, 5.74) is 2.43. The normalized spacial score (nSPS) is 11.0. The molecule has 0 bridgehead atoms. The Hall–Kier alpha value is -0.310. The first kappa shape index (κ1) is 14.7. The van der Waals surface area contributed by atoms with Crippen molar-refractivity contribution in [3.05, 3.63) is 17.5 Å². The van der Waals surface area contributed by atoms with Gasteiger partial charge in [-0.1, -0.05) is 48.0 Å². The van der Waals surface area contributed by atoms with Crippen molar-refractivity contribution in [2.75, 3.05) is 5.33 Å². The summed E-state index contributed by atoms with van der Waals surface area (Å²) in [4.78, 5) is 0. The third-order valence-corrected chi connectivity index (χ3v) is 3.67. The molecule has 0 aromatic carbocycles. The van der Waals surface area contributed by atoms with E-state index in [1.165, 1.54) is 50.6 Å². The van der Waals surface area contributed by atoms with E-state index in [0.29, 0.717) is 0 Å². The third-order valence-electron chi connectivity index (χ3n) is 3.11. The van der Waals surface area contributed by atoms with Crippen LogP contribution in [0.25, 0.3) is 0 Å². The first-order valence-corrected chi connectivity index (χ1v) is 7.93. The predicted octanol–water partition coefficient (Wildman–Crippen LogP) is 4.63. The summed E-state index contributed by atoms with van der Waals surface area (Å²) in [6.07, 6.45) is 9.47. The van der Waals surface area contributed by atoms with Gasteiger partial charge in [0.2, 0.25) is 0 Å². The van der Waals surface area contributed by atoms with E-state index in [1.54, 1.807) is 0 Å². The van der Waals surface area contributed by atoms with Gasteiger partial charge >= 0.3 is 0 Å². The van der Waals surface area contributed by atoms with Crippen molar-refractivity contribution in [3.8, 4) is 0 Å². The Morgan fingerprint density at radius 3 is 2.12 bits per heavy atom. The van der Waals surface area contributed by atoms with Crippen molar-refractivity contribution >= 4 is 15.9 Å². The molecule has 0 N–H and O–H groups in total. The monoisotopic (exact) mass is 300 g/mol. The lowest BCUT2D eigenvalue weighted by Crippen LogP contribution is -2.02. The van der Waals surface area contributed by atoms with E-state index in [-0.39, 0.29) is 0 Å². The van der Waals surface area contributed by atoms with Crippen LogP contribution in [0.15, 0.2) is 6.07 Å². The summed E-state index contributed by atoms with van der Waals surface area (Å²) in [5.74, 6) is 0. The average molecular weight is 301 g/mol. The Labute approximate surface area is 114 Å². The molecule has 0 amide bonds. The molecule has 17 heavy (non-hydrogen) atoms. The maximum Gasteiger partial charge on any atom is 0.0596 e. The van der Waals surface area contributed by atoms with Gasteiger partial charge in [0, 0.05) is 17.6 Å². The van der Waals surface area contributed by atoms with E-state index in [4.69, 9.17) is 0 Å². The number of unbranched alkanes of at least 4 members (excludes halogenated alkanes) is 6. The fraction of sp³-hybridized carbons (Fsp3) is 0.786. The van der Waals surface area contributed by atoms with E-state index in [0.717, 1.165) is 17.6 Å². The van der Waals surface area contributed by atoms with Crippen molar-refractivity contribution in [2.24, 2.45) is 0 Å². The van der Waals surface area contributed by atoms with Gasteiger partial charge in [-0.15, -0.1) is 0 Å². The molecular formula is C14H25BrN2. The van der Waals surface area contributed by atoms with Gasteiger partial charge < -0.3 is 0 Å². The molecule has 1 aromatic rings. The molecule has 2 nitrogen and oxygen atoms in total. The van der Waals surface area contributed by atoms with Gasteiger partial charge in [0.05, 0.1) is 5.69 Å². The molecule has 0 atom stereocenters. The number of halogens is 1. The molecule has 98 valence electrons. The van der Waals surface area contributed by atoms with Crippen LogP contribution in [-0.4, -0.2) is 15.1 Å². The third kappa shape index (κ3) is 6.25. The van der Waals surface area contributed by atoms with Crippen molar-refractivity contribution in [1.29, 1.82) is 0 Å². The molecule has 0 unspecified atom stereocenters. The van der Waals surface area contributed by atoms with Gasteiger partial charge in [0.15, 0.2) is 0 Å². The Balaban J connectivity index is 1.99. The van der Waals surface area contributed by atoms with Crippen LogP contribution < -0.4 is 0 Å². The van der Waals surface area contributed by atoms with Crippen molar-refractivity contribution in [1.82, 2.24) is 9.78 Å². The zero-order chi connectivity index (χ0) is 12.5. The van der Waals surface area contributed by atoms with E-state index in [9.17, 15) is 0 Å². The minimum Gasteiger partial charge on any atom is -0.270 e. The molecule has 0 aliphatic rings. The van der Waals surface area contributed by atoms with Crippen LogP contribution in [-0.2, 0) is 6.54 Å². The van der Waals surface area contributed by atoms with Gasteiger partial charge in [0.1, 0.15) is 0 Å². The zero-order valence-electron chi connectivity index (χ0n) is 11.2. The SMILES string of the molecule is Cc1cc(C)n(CCCCCCCCCBr)n1. The van der Waals surface area contributed by atoms with Gasteiger partial charge in [0.25, 0.3) is 0 Å². The Morgan fingerprint density at radius 1 is 1.00 bits per heavy atom. The largest absolute Gasteiger partial charge is 0.270 e. The highest BCUT2D eigenvalue weighted by Crippen LogP contribution is 2.10. The summed E-state index contributed by atoms with van der Waals surface area (Å²) >= 11 is 3.47.